The summed E-state index contributed by atoms with van der Waals surface area (Å²) < 4.78 is 0. The van der Waals surface area contributed by atoms with Crippen LogP contribution in [0.2, 0.25) is 10.0 Å². The lowest BCUT2D eigenvalue weighted by molar-refractivity contribution is -0.384. The van der Waals surface area contributed by atoms with Crippen LogP contribution in [0.4, 0.5) is 17.1 Å². The highest BCUT2D eigenvalue weighted by Gasteiger charge is 2.41. The maximum Gasteiger partial charge on any atom is 0.269 e. The number of carbonyl (C=O) groups is 1. The van der Waals surface area contributed by atoms with Crippen LogP contribution in [0, 0.1) is 16.0 Å². The van der Waals surface area contributed by atoms with Gasteiger partial charge in [-0.2, -0.15) is 0 Å². The molecule has 0 spiro atoms. The number of carbonyl (C=O) groups excluding carboxylic acids is 1. The molecular formula is C22H21Cl2N3O3. The van der Waals surface area contributed by atoms with Crippen molar-refractivity contribution in [3.8, 4) is 0 Å². The molecular weight excluding hydrogens is 425 g/mol. The van der Waals surface area contributed by atoms with Crippen molar-refractivity contribution in [2.75, 3.05) is 10.6 Å². The topological polar surface area (TPSA) is 84.3 Å². The summed E-state index contributed by atoms with van der Waals surface area (Å²) in [6, 6.07) is 7.83. The highest BCUT2D eigenvalue weighted by atomic mass is 35.5. The van der Waals surface area contributed by atoms with Crippen LogP contribution in [-0.4, -0.2) is 10.8 Å². The summed E-state index contributed by atoms with van der Waals surface area (Å²) in [4.78, 5) is 23.1. The monoisotopic (exact) mass is 445 g/mol. The molecule has 2 N–H and O–H groups in total. The minimum absolute atomic E-state index is 0.00354. The maximum absolute atomic E-state index is 12.2. The van der Waals surface area contributed by atoms with Gasteiger partial charge in [0.05, 0.1) is 21.7 Å². The van der Waals surface area contributed by atoms with Gasteiger partial charge in [-0.25, -0.2) is 0 Å². The Morgan fingerprint density at radius 1 is 1.27 bits per heavy atom. The SMILES string of the molecule is CCCC(=O)Nc1ccc(Cl)c2c1C1C=CCC1C(c1cc([N+](=O)[O-])ccc1Cl)N2. The van der Waals surface area contributed by atoms with E-state index in [-0.39, 0.29) is 29.5 Å². The molecule has 30 heavy (non-hydrogen) atoms. The Morgan fingerprint density at radius 2 is 2.03 bits per heavy atom. The number of hydrogen-bond acceptors (Lipinski definition) is 4. The number of nitro groups is 1. The number of nitro benzene ring substituents is 1. The van der Waals surface area contributed by atoms with Crippen LogP contribution in [0.25, 0.3) is 0 Å². The number of anilines is 2. The molecule has 0 radical (unpaired) electrons. The van der Waals surface area contributed by atoms with Gasteiger partial charge in [-0.3, -0.25) is 14.9 Å². The Bertz CT molecular complexity index is 1050. The van der Waals surface area contributed by atoms with Crippen LogP contribution >= 0.6 is 23.2 Å². The second-order valence-corrected chi connectivity index (χ2v) is 8.43. The van der Waals surface area contributed by atoms with E-state index in [2.05, 4.69) is 22.8 Å². The Labute approximate surface area is 184 Å². The van der Waals surface area contributed by atoms with E-state index in [0.717, 1.165) is 29.8 Å². The molecule has 8 heteroatoms. The number of benzene rings is 2. The summed E-state index contributed by atoms with van der Waals surface area (Å²) in [7, 11) is 0. The highest BCUT2D eigenvalue weighted by molar-refractivity contribution is 6.34. The fourth-order valence-electron chi connectivity index (χ4n) is 4.41. The number of allylic oxidation sites excluding steroid dienone is 2. The molecule has 1 aliphatic carbocycles. The molecule has 6 nitrogen and oxygen atoms in total. The van der Waals surface area contributed by atoms with E-state index in [1.807, 2.05) is 13.0 Å². The quantitative estimate of drug-likeness (QED) is 0.313. The van der Waals surface area contributed by atoms with Crippen LogP contribution in [0.3, 0.4) is 0 Å². The smallest absolute Gasteiger partial charge is 0.269 e. The predicted octanol–water partition coefficient (Wildman–Crippen LogP) is 6.47. The minimum atomic E-state index is -0.421. The van der Waals surface area contributed by atoms with Gasteiger partial charge in [0.25, 0.3) is 5.69 Å². The van der Waals surface area contributed by atoms with E-state index in [1.165, 1.54) is 12.1 Å². The van der Waals surface area contributed by atoms with Gasteiger partial charge in [-0.15, -0.1) is 0 Å². The second kappa shape index (κ2) is 8.28. The van der Waals surface area contributed by atoms with Crippen LogP contribution in [0.5, 0.6) is 0 Å². The molecule has 1 aliphatic heterocycles. The fraction of sp³-hybridized carbons (Fsp3) is 0.318. The third-order valence-corrected chi connectivity index (χ3v) is 6.40. The lowest BCUT2D eigenvalue weighted by Gasteiger charge is -2.39. The molecule has 1 amide bonds. The number of amides is 1. The summed E-state index contributed by atoms with van der Waals surface area (Å²) in [5.74, 6) is 0.0684. The first-order chi connectivity index (χ1) is 14.4. The van der Waals surface area contributed by atoms with E-state index in [0.29, 0.717) is 22.0 Å². The van der Waals surface area contributed by atoms with E-state index < -0.39 is 4.92 Å². The number of nitrogens with zero attached hydrogens (tertiary/aromatic N) is 1. The van der Waals surface area contributed by atoms with Crippen molar-refractivity contribution in [1.82, 2.24) is 0 Å². The van der Waals surface area contributed by atoms with E-state index >= 15 is 0 Å². The predicted molar refractivity (Wildman–Crippen MR) is 119 cm³/mol. The van der Waals surface area contributed by atoms with Crippen molar-refractivity contribution in [3.05, 3.63) is 73.8 Å². The molecule has 2 aromatic carbocycles. The lowest BCUT2D eigenvalue weighted by Crippen LogP contribution is -2.30. The molecule has 0 saturated heterocycles. The zero-order valence-corrected chi connectivity index (χ0v) is 17.8. The number of nitrogens with one attached hydrogen (secondary N) is 2. The number of hydrogen-bond donors (Lipinski definition) is 2. The van der Waals surface area contributed by atoms with E-state index in [4.69, 9.17) is 23.2 Å². The molecule has 3 atom stereocenters. The van der Waals surface area contributed by atoms with Crippen LogP contribution in [0.1, 0.15) is 49.3 Å². The van der Waals surface area contributed by atoms with Gasteiger partial charge in [0.2, 0.25) is 5.91 Å². The summed E-state index contributed by atoms with van der Waals surface area (Å²) >= 11 is 13.0. The molecule has 0 fully saturated rings. The zero-order valence-electron chi connectivity index (χ0n) is 16.3. The largest absolute Gasteiger partial charge is 0.376 e. The van der Waals surface area contributed by atoms with Gasteiger partial charge in [0, 0.05) is 46.3 Å². The standard InChI is InChI=1S/C22H21Cl2N3O3/c1-2-4-19(28)25-18-10-9-17(24)22-20(18)13-5-3-6-14(13)21(26-22)15-11-12(27(29)30)7-8-16(15)23/h3,5,7-11,13-14,21,26H,2,4,6H2,1H3,(H,25,28). The van der Waals surface area contributed by atoms with Gasteiger partial charge in [-0.05, 0) is 37.0 Å². The number of non-ortho nitro benzene ring substituents is 1. The van der Waals surface area contributed by atoms with Crippen molar-refractivity contribution in [3.63, 3.8) is 0 Å². The molecule has 4 rings (SSSR count). The lowest BCUT2D eigenvalue weighted by atomic mass is 9.76. The molecule has 156 valence electrons. The third kappa shape index (κ3) is 3.66. The summed E-state index contributed by atoms with van der Waals surface area (Å²) in [6.07, 6.45) is 6.22. The van der Waals surface area contributed by atoms with Gasteiger partial charge in [-0.1, -0.05) is 42.3 Å². The average Bonchev–Trinajstić information content (AvgIpc) is 3.20. The fourth-order valence-corrected chi connectivity index (χ4v) is 4.87. The molecule has 0 saturated carbocycles. The molecule has 2 aromatic rings. The zero-order chi connectivity index (χ0) is 21.4. The third-order valence-electron chi connectivity index (χ3n) is 5.75. The Balaban J connectivity index is 1.80. The van der Waals surface area contributed by atoms with Crippen molar-refractivity contribution in [2.45, 2.75) is 38.1 Å². The molecule has 0 aromatic heterocycles. The minimum Gasteiger partial charge on any atom is -0.376 e. The summed E-state index contributed by atoms with van der Waals surface area (Å²) in [5.41, 5.74) is 3.09. The Hall–Kier alpha value is -2.57. The number of halogens is 2. The van der Waals surface area contributed by atoms with Gasteiger partial charge in [0.1, 0.15) is 0 Å². The summed E-state index contributed by atoms with van der Waals surface area (Å²) in [6.45, 7) is 1.96. The molecule has 0 bridgehead atoms. The highest BCUT2D eigenvalue weighted by Crippen LogP contribution is 2.54. The van der Waals surface area contributed by atoms with E-state index in [9.17, 15) is 14.9 Å². The first-order valence-electron chi connectivity index (χ1n) is 9.90. The van der Waals surface area contributed by atoms with Crippen molar-refractivity contribution < 1.29 is 9.72 Å². The van der Waals surface area contributed by atoms with Gasteiger partial charge < -0.3 is 10.6 Å². The van der Waals surface area contributed by atoms with Crippen molar-refractivity contribution in [1.29, 1.82) is 0 Å². The van der Waals surface area contributed by atoms with Crippen LogP contribution in [0.15, 0.2) is 42.5 Å². The first kappa shape index (κ1) is 20.7. The summed E-state index contributed by atoms with van der Waals surface area (Å²) in [5, 5.41) is 18.8. The second-order valence-electron chi connectivity index (χ2n) is 7.62. The molecule has 3 unspecified atom stereocenters. The van der Waals surface area contributed by atoms with Crippen molar-refractivity contribution >= 4 is 46.2 Å². The number of fused-ring (bicyclic) bond motifs is 3. The molecule has 1 heterocycles. The average molecular weight is 446 g/mol. The van der Waals surface area contributed by atoms with Crippen molar-refractivity contribution in [2.24, 2.45) is 5.92 Å². The van der Waals surface area contributed by atoms with Gasteiger partial charge in [0.15, 0.2) is 0 Å². The maximum atomic E-state index is 12.2. The first-order valence-corrected chi connectivity index (χ1v) is 10.7. The Morgan fingerprint density at radius 3 is 2.77 bits per heavy atom. The normalized spacial score (nSPS) is 21.5. The van der Waals surface area contributed by atoms with Gasteiger partial charge >= 0.3 is 0 Å². The Kier molecular flexibility index (Phi) is 5.71. The van der Waals surface area contributed by atoms with Crippen LogP contribution in [-0.2, 0) is 4.79 Å². The van der Waals surface area contributed by atoms with E-state index in [1.54, 1.807) is 12.1 Å². The number of rotatable bonds is 5. The molecule has 2 aliphatic rings. The van der Waals surface area contributed by atoms with Crippen LogP contribution < -0.4 is 10.6 Å².